The van der Waals surface area contributed by atoms with Crippen molar-refractivity contribution >= 4 is 34.0 Å². The van der Waals surface area contributed by atoms with Crippen molar-refractivity contribution in [2.45, 2.75) is 19.8 Å². The summed E-state index contributed by atoms with van der Waals surface area (Å²) in [5.74, 6) is -0.260. The zero-order valence-electron chi connectivity index (χ0n) is 15.7. The van der Waals surface area contributed by atoms with Crippen LogP contribution in [0.5, 0.6) is 0 Å². The average Bonchev–Trinajstić information content (AvgIpc) is 3.15. The lowest BCUT2D eigenvalue weighted by atomic mass is 10.3. The van der Waals surface area contributed by atoms with Gasteiger partial charge in [-0.25, -0.2) is 4.98 Å². The van der Waals surface area contributed by atoms with Gasteiger partial charge in [0.2, 0.25) is 5.91 Å². The maximum absolute atomic E-state index is 12.8. The molecule has 1 aromatic carbocycles. The van der Waals surface area contributed by atoms with Gasteiger partial charge in [0.25, 0.3) is 5.91 Å². The van der Waals surface area contributed by atoms with E-state index in [-0.39, 0.29) is 18.2 Å². The highest BCUT2D eigenvalue weighted by atomic mass is 32.1. The Morgan fingerprint density at radius 2 is 2.00 bits per heavy atom. The zero-order valence-corrected chi connectivity index (χ0v) is 16.6. The molecule has 0 bridgehead atoms. The third-order valence-electron chi connectivity index (χ3n) is 3.78. The molecule has 1 heterocycles. The highest BCUT2D eigenvalue weighted by molar-refractivity contribution is 7.14. The topological polar surface area (TPSA) is 83.6 Å². The van der Waals surface area contributed by atoms with Gasteiger partial charge in [-0.05, 0) is 18.6 Å². The second-order valence-electron chi connectivity index (χ2n) is 5.91. The fraction of sp³-hybridized carbons (Fsp3) is 0.421. The first-order valence-electron chi connectivity index (χ1n) is 8.96. The Bertz CT molecular complexity index is 721. The van der Waals surface area contributed by atoms with Gasteiger partial charge in [0.1, 0.15) is 5.69 Å². The minimum absolute atomic E-state index is 0.0585. The third-order valence-corrected chi connectivity index (χ3v) is 4.54. The lowest BCUT2D eigenvalue weighted by Gasteiger charge is -2.21. The lowest BCUT2D eigenvalue weighted by Crippen LogP contribution is -2.37. The number of ether oxygens (including phenoxy) is 1. The molecule has 2 N–H and O–H groups in total. The summed E-state index contributed by atoms with van der Waals surface area (Å²) >= 11 is 1.37. The van der Waals surface area contributed by atoms with E-state index in [4.69, 9.17) is 4.74 Å². The lowest BCUT2D eigenvalue weighted by molar-refractivity contribution is -0.121. The van der Waals surface area contributed by atoms with E-state index in [1.807, 2.05) is 37.3 Å². The van der Waals surface area contributed by atoms with E-state index < -0.39 is 0 Å². The highest BCUT2D eigenvalue weighted by Gasteiger charge is 2.19. The minimum atomic E-state index is -0.201. The molecule has 0 aliphatic heterocycles. The number of thiazole rings is 1. The molecule has 27 heavy (non-hydrogen) atoms. The number of benzene rings is 1. The van der Waals surface area contributed by atoms with Gasteiger partial charge in [-0.3, -0.25) is 9.59 Å². The number of aromatic nitrogens is 1. The number of hydrogen-bond donors (Lipinski definition) is 2. The van der Waals surface area contributed by atoms with E-state index in [0.717, 1.165) is 12.1 Å². The van der Waals surface area contributed by atoms with E-state index in [1.54, 1.807) is 17.4 Å². The molecule has 0 unspecified atom stereocenters. The van der Waals surface area contributed by atoms with Gasteiger partial charge in [0.15, 0.2) is 5.13 Å². The number of rotatable bonds is 11. The molecule has 2 rings (SSSR count). The number of anilines is 2. The van der Waals surface area contributed by atoms with Crippen LogP contribution in [0.15, 0.2) is 35.7 Å². The standard InChI is InChI=1S/C19H26N4O3S/c1-3-10-20-17(24)9-11-23(12-13-26-2)18(25)16-14-27-19(22-16)21-15-7-5-4-6-8-15/h4-8,14H,3,9-13H2,1-2H3,(H,20,24)(H,21,22). The molecule has 0 aliphatic rings. The van der Waals surface area contributed by atoms with Crippen LogP contribution >= 0.6 is 11.3 Å². The molecule has 1 aromatic heterocycles. The summed E-state index contributed by atoms with van der Waals surface area (Å²) in [6.45, 7) is 3.79. The Hall–Kier alpha value is -2.45. The summed E-state index contributed by atoms with van der Waals surface area (Å²) in [6.07, 6.45) is 1.14. The fourth-order valence-corrected chi connectivity index (χ4v) is 3.05. The van der Waals surface area contributed by atoms with Crippen molar-refractivity contribution in [3.05, 3.63) is 41.4 Å². The summed E-state index contributed by atoms with van der Waals surface area (Å²) < 4.78 is 5.09. The molecular weight excluding hydrogens is 364 g/mol. The molecule has 2 amide bonds. The number of carbonyl (C=O) groups excluding carboxylic acids is 2. The molecule has 2 aromatic rings. The number of para-hydroxylation sites is 1. The van der Waals surface area contributed by atoms with Gasteiger partial charge in [-0.1, -0.05) is 25.1 Å². The second-order valence-corrected chi connectivity index (χ2v) is 6.77. The average molecular weight is 391 g/mol. The van der Waals surface area contributed by atoms with Crippen LogP contribution in [0.3, 0.4) is 0 Å². The van der Waals surface area contributed by atoms with E-state index in [1.165, 1.54) is 11.3 Å². The number of methoxy groups -OCH3 is 1. The SMILES string of the molecule is CCCNC(=O)CCN(CCOC)C(=O)c1csc(Nc2ccccc2)n1. The first-order valence-corrected chi connectivity index (χ1v) is 9.84. The van der Waals surface area contributed by atoms with Gasteiger partial charge in [-0.2, -0.15) is 0 Å². The summed E-state index contributed by atoms with van der Waals surface area (Å²) in [5, 5.41) is 8.38. The Morgan fingerprint density at radius 3 is 2.70 bits per heavy atom. The number of amides is 2. The van der Waals surface area contributed by atoms with Crippen LogP contribution in [0.1, 0.15) is 30.3 Å². The van der Waals surface area contributed by atoms with Crippen LogP contribution in [0, 0.1) is 0 Å². The molecule has 0 fully saturated rings. The van der Waals surface area contributed by atoms with Crippen LogP contribution < -0.4 is 10.6 Å². The molecular formula is C19H26N4O3S. The normalized spacial score (nSPS) is 10.4. The van der Waals surface area contributed by atoms with Crippen molar-refractivity contribution in [3.63, 3.8) is 0 Å². The van der Waals surface area contributed by atoms with E-state index in [0.29, 0.717) is 37.1 Å². The molecule has 0 saturated carbocycles. The van der Waals surface area contributed by atoms with Gasteiger partial charge in [0.05, 0.1) is 6.61 Å². The molecule has 0 saturated heterocycles. The largest absolute Gasteiger partial charge is 0.383 e. The minimum Gasteiger partial charge on any atom is -0.383 e. The molecule has 146 valence electrons. The first-order chi connectivity index (χ1) is 13.1. The summed E-state index contributed by atoms with van der Waals surface area (Å²) in [4.78, 5) is 30.6. The van der Waals surface area contributed by atoms with Crippen LogP contribution in [0.25, 0.3) is 0 Å². The quantitative estimate of drug-likeness (QED) is 0.616. The fourth-order valence-electron chi connectivity index (χ4n) is 2.34. The van der Waals surface area contributed by atoms with Crippen molar-refractivity contribution < 1.29 is 14.3 Å². The summed E-state index contributed by atoms with van der Waals surface area (Å²) in [5.41, 5.74) is 1.28. The summed E-state index contributed by atoms with van der Waals surface area (Å²) in [6, 6.07) is 9.66. The monoisotopic (exact) mass is 390 g/mol. The second kappa shape index (κ2) is 11.3. The van der Waals surface area contributed by atoms with Crippen molar-refractivity contribution in [1.29, 1.82) is 0 Å². The zero-order chi connectivity index (χ0) is 19.5. The van der Waals surface area contributed by atoms with Gasteiger partial charge in [-0.15, -0.1) is 11.3 Å². The predicted molar refractivity (Wildman–Crippen MR) is 108 cm³/mol. The van der Waals surface area contributed by atoms with Crippen molar-refractivity contribution in [2.24, 2.45) is 0 Å². The Kier molecular flexibility index (Phi) is 8.73. The van der Waals surface area contributed by atoms with Gasteiger partial charge >= 0.3 is 0 Å². The van der Waals surface area contributed by atoms with Crippen molar-refractivity contribution in [3.8, 4) is 0 Å². The van der Waals surface area contributed by atoms with Crippen LogP contribution in [-0.4, -0.2) is 55.0 Å². The maximum Gasteiger partial charge on any atom is 0.273 e. The number of nitrogens with zero attached hydrogens (tertiary/aromatic N) is 2. The van der Waals surface area contributed by atoms with Crippen molar-refractivity contribution in [2.75, 3.05) is 38.7 Å². The Morgan fingerprint density at radius 1 is 1.22 bits per heavy atom. The highest BCUT2D eigenvalue weighted by Crippen LogP contribution is 2.21. The van der Waals surface area contributed by atoms with Crippen LogP contribution in [0.2, 0.25) is 0 Å². The van der Waals surface area contributed by atoms with E-state index in [2.05, 4.69) is 15.6 Å². The smallest absolute Gasteiger partial charge is 0.273 e. The maximum atomic E-state index is 12.8. The number of nitrogens with one attached hydrogen (secondary N) is 2. The Labute approximate surface area is 163 Å². The van der Waals surface area contributed by atoms with E-state index in [9.17, 15) is 9.59 Å². The third kappa shape index (κ3) is 6.99. The predicted octanol–water partition coefficient (Wildman–Crippen LogP) is 2.89. The van der Waals surface area contributed by atoms with Crippen LogP contribution in [0.4, 0.5) is 10.8 Å². The summed E-state index contributed by atoms with van der Waals surface area (Å²) in [7, 11) is 1.58. The Balaban J connectivity index is 1.98. The number of hydrogen-bond acceptors (Lipinski definition) is 6. The molecule has 0 aliphatic carbocycles. The van der Waals surface area contributed by atoms with Gasteiger partial charge < -0.3 is 20.3 Å². The van der Waals surface area contributed by atoms with Crippen molar-refractivity contribution in [1.82, 2.24) is 15.2 Å². The molecule has 0 spiro atoms. The van der Waals surface area contributed by atoms with Gasteiger partial charge in [0, 0.05) is 44.2 Å². The molecule has 0 radical (unpaired) electrons. The first kappa shape index (κ1) is 20.9. The molecule has 7 nitrogen and oxygen atoms in total. The molecule has 0 atom stereocenters. The van der Waals surface area contributed by atoms with E-state index >= 15 is 0 Å². The molecule has 8 heteroatoms. The number of carbonyl (C=O) groups is 2. The van der Waals surface area contributed by atoms with Crippen LogP contribution in [-0.2, 0) is 9.53 Å².